The van der Waals surface area contributed by atoms with Crippen LogP contribution in [0.1, 0.15) is 24.5 Å². The van der Waals surface area contributed by atoms with Crippen LogP contribution in [0.25, 0.3) is 5.57 Å². The number of esters is 1. The van der Waals surface area contributed by atoms with Crippen LogP contribution in [-0.4, -0.2) is 34.7 Å². The fourth-order valence-electron chi connectivity index (χ4n) is 3.08. The summed E-state index contributed by atoms with van der Waals surface area (Å²) >= 11 is 1.63. The summed E-state index contributed by atoms with van der Waals surface area (Å²) in [7, 11) is 0. The van der Waals surface area contributed by atoms with Crippen molar-refractivity contribution in [2.24, 2.45) is 0 Å². The number of nitro groups is 1. The maximum absolute atomic E-state index is 12.8. The SMILES string of the molecule is CCOC(=O)/C(=C1/SCCCN1Cc1ccccc1)c1ccc([N+](=O)[O-])cc1. The quantitative estimate of drug-likeness (QED) is 0.309. The zero-order chi connectivity index (χ0) is 19.9. The molecule has 1 saturated heterocycles. The molecule has 146 valence electrons. The third kappa shape index (κ3) is 4.72. The number of non-ortho nitro benzene ring substituents is 1. The zero-order valence-electron chi connectivity index (χ0n) is 15.7. The van der Waals surface area contributed by atoms with Crippen molar-refractivity contribution >= 4 is 29.0 Å². The van der Waals surface area contributed by atoms with Gasteiger partial charge in [-0.1, -0.05) is 30.3 Å². The van der Waals surface area contributed by atoms with Crippen molar-refractivity contribution in [2.75, 3.05) is 18.9 Å². The molecule has 7 heteroatoms. The summed E-state index contributed by atoms with van der Waals surface area (Å²) in [6.45, 7) is 3.57. The van der Waals surface area contributed by atoms with Crippen LogP contribution in [0.4, 0.5) is 5.69 Å². The van der Waals surface area contributed by atoms with Crippen LogP contribution in [-0.2, 0) is 16.1 Å². The first-order chi connectivity index (χ1) is 13.6. The lowest BCUT2D eigenvalue weighted by atomic mass is 10.1. The number of benzene rings is 2. The van der Waals surface area contributed by atoms with Gasteiger partial charge in [0.25, 0.3) is 5.69 Å². The molecule has 1 aliphatic rings. The van der Waals surface area contributed by atoms with E-state index in [0.717, 1.165) is 29.3 Å². The predicted octanol–water partition coefficient (Wildman–Crippen LogP) is 4.47. The molecule has 1 heterocycles. The molecular weight excluding hydrogens is 376 g/mol. The highest BCUT2D eigenvalue weighted by Crippen LogP contribution is 2.36. The first-order valence-corrected chi connectivity index (χ1v) is 10.2. The summed E-state index contributed by atoms with van der Waals surface area (Å²) in [5.41, 5.74) is 2.26. The van der Waals surface area contributed by atoms with E-state index in [-0.39, 0.29) is 12.3 Å². The molecule has 0 atom stereocenters. The van der Waals surface area contributed by atoms with E-state index in [9.17, 15) is 14.9 Å². The van der Waals surface area contributed by atoms with E-state index in [2.05, 4.69) is 17.0 Å². The van der Waals surface area contributed by atoms with Crippen LogP contribution in [0.5, 0.6) is 0 Å². The lowest BCUT2D eigenvalue weighted by Gasteiger charge is -2.33. The van der Waals surface area contributed by atoms with Crippen LogP contribution in [0.3, 0.4) is 0 Å². The van der Waals surface area contributed by atoms with Gasteiger partial charge in [-0.3, -0.25) is 10.1 Å². The van der Waals surface area contributed by atoms with Crippen molar-refractivity contribution in [3.63, 3.8) is 0 Å². The lowest BCUT2D eigenvalue weighted by Crippen LogP contribution is -2.29. The highest BCUT2D eigenvalue weighted by Gasteiger charge is 2.26. The maximum atomic E-state index is 12.8. The molecular formula is C21H22N2O4S. The third-order valence-corrected chi connectivity index (χ3v) is 5.60. The van der Waals surface area contributed by atoms with Gasteiger partial charge in [0.1, 0.15) is 0 Å². The fraction of sp³-hybridized carbons (Fsp3) is 0.286. The monoisotopic (exact) mass is 398 g/mol. The van der Waals surface area contributed by atoms with Crippen molar-refractivity contribution in [3.05, 3.63) is 80.9 Å². The van der Waals surface area contributed by atoms with Gasteiger partial charge in [0.2, 0.25) is 0 Å². The van der Waals surface area contributed by atoms with Crippen molar-refractivity contribution in [1.82, 2.24) is 4.90 Å². The van der Waals surface area contributed by atoms with E-state index in [0.29, 0.717) is 17.7 Å². The number of carbonyl (C=O) groups is 1. The molecule has 0 spiro atoms. The smallest absolute Gasteiger partial charge is 0.341 e. The second-order valence-electron chi connectivity index (χ2n) is 6.31. The standard InChI is InChI=1S/C21H22N2O4S/c1-2-27-21(24)19(17-9-11-18(12-10-17)23(25)26)20-22(13-6-14-28-20)15-16-7-4-3-5-8-16/h3-5,7-12H,2,6,13-15H2,1H3/b20-19+. The molecule has 0 saturated carbocycles. The van der Waals surface area contributed by atoms with Crippen molar-refractivity contribution in [2.45, 2.75) is 19.9 Å². The first-order valence-electron chi connectivity index (χ1n) is 9.18. The summed E-state index contributed by atoms with van der Waals surface area (Å²) in [6, 6.07) is 16.2. The van der Waals surface area contributed by atoms with Gasteiger partial charge >= 0.3 is 5.97 Å². The number of nitro benzene ring substituents is 1. The molecule has 3 rings (SSSR count). The molecule has 1 aliphatic heterocycles. The van der Waals surface area contributed by atoms with Crippen LogP contribution < -0.4 is 0 Å². The molecule has 1 fully saturated rings. The number of nitrogens with zero attached hydrogens (tertiary/aromatic N) is 2. The molecule has 0 aliphatic carbocycles. The Morgan fingerprint density at radius 3 is 2.54 bits per heavy atom. The molecule has 0 N–H and O–H groups in total. The molecule has 6 nitrogen and oxygen atoms in total. The summed E-state index contributed by atoms with van der Waals surface area (Å²) in [5, 5.41) is 11.8. The zero-order valence-corrected chi connectivity index (χ0v) is 16.5. The fourth-order valence-corrected chi connectivity index (χ4v) is 4.23. The van der Waals surface area contributed by atoms with Gasteiger partial charge in [-0.2, -0.15) is 0 Å². The lowest BCUT2D eigenvalue weighted by molar-refractivity contribution is -0.384. The van der Waals surface area contributed by atoms with Gasteiger partial charge in [0.05, 0.1) is 22.1 Å². The van der Waals surface area contributed by atoms with E-state index < -0.39 is 10.9 Å². The molecule has 0 bridgehead atoms. The minimum Gasteiger partial charge on any atom is -0.462 e. The number of thioether (sulfide) groups is 1. The Morgan fingerprint density at radius 2 is 1.89 bits per heavy atom. The van der Waals surface area contributed by atoms with Gasteiger partial charge < -0.3 is 9.64 Å². The largest absolute Gasteiger partial charge is 0.462 e. The summed E-state index contributed by atoms with van der Waals surface area (Å²) in [5.74, 6) is 0.509. The number of rotatable bonds is 6. The van der Waals surface area contributed by atoms with Crippen molar-refractivity contribution < 1.29 is 14.5 Å². The number of carbonyl (C=O) groups excluding carboxylic acids is 1. The number of ether oxygens (including phenoxy) is 1. The first kappa shape index (κ1) is 19.9. The van der Waals surface area contributed by atoms with Gasteiger partial charge in [-0.15, -0.1) is 11.8 Å². The molecule has 0 radical (unpaired) electrons. The summed E-state index contributed by atoms with van der Waals surface area (Å²) < 4.78 is 5.32. The Labute approximate surface area is 168 Å². The molecule has 0 aromatic heterocycles. The number of hydrogen-bond acceptors (Lipinski definition) is 6. The molecule has 0 amide bonds. The van der Waals surface area contributed by atoms with Gasteiger partial charge in [0.15, 0.2) is 0 Å². The summed E-state index contributed by atoms with van der Waals surface area (Å²) in [6.07, 6.45) is 1.03. The molecule has 28 heavy (non-hydrogen) atoms. The van der Waals surface area contributed by atoms with Crippen LogP contribution in [0.15, 0.2) is 59.6 Å². The van der Waals surface area contributed by atoms with E-state index in [1.54, 1.807) is 30.8 Å². The van der Waals surface area contributed by atoms with E-state index in [1.807, 2.05) is 18.2 Å². The van der Waals surface area contributed by atoms with E-state index in [4.69, 9.17) is 4.74 Å². The van der Waals surface area contributed by atoms with Gasteiger partial charge in [0, 0.05) is 31.0 Å². The average molecular weight is 398 g/mol. The minimum absolute atomic E-state index is 0.00519. The van der Waals surface area contributed by atoms with Crippen LogP contribution in [0, 0.1) is 10.1 Å². The normalized spacial score (nSPS) is 15.8. The Balaban J connectivity index is 2.02. The summed E-state index contributed by atoms with van der Waals surface area (Å²) in [4.78, 5) is 25.5. The average Bonchev–Trinajstić information content (AvgIpc) is 2.71. The van der Waals surface area contributed by atoms with E-state index >= 15 is 0 Å². The van der Waals surface area contributed by atoms with E-state index in [1.165, 1.54) is 12.1 Å². The van der Waals surface area contributed by atoms with Gasteiger partial charge in [-0.05, 0) is 36.6 Å². The Morgan fingerprint density at radius 1 is 1.18 bits per heavy atom. The highest BCUT2D eigenvalue weighted by molar-refractivity contribution is 8.03. The van der Waals surface area contributed by atoms with Gasteiger partial charge in [-0.25, -0.2) is 4.79 Å². The number of hydrogen-bond donors (Lipinski definition) is 0. The Hall–Kier alpha value is -2.80. The Bertz CT molecular complexity index is 866. The Kier molecular flexibility index (Phi) is 6.71. The topological polar surface area (TPSA) is 72.7 Å². The second kappa shape index (κ2) is 9.41. The maximum Gasteiger partial charge on any atom is 0.341 e. The predicted molar refractivity (Wildman–Crippen MR) is 111 cm³/mol. The molecule has 0 unspecified atom stereocenters. The van der Waals surface area contributed by atoms with Crippen molar-refractivity contribution in [1.29, 1.82) is 0 Å². The minimum atomic E-state index is -0.446. The second-order valence-corrected chi connectivity index (χ2v) is 7.40. The molecule has 2 aromatic rings. The van der Waals surface area contributed by atoms with Crippen LogP contribution in [0.2, 0.25) is 0 Å². The van der Waals surface area contributed by atoms with Crippen molar-refractivity contribution in [3.8, 4) is 0 Å². The van der Waals surface area contributed by atoms with Crippen LogP contribution >= 0.6 is 11.8 Å². The highest BCUT2D eigenvalue weighted by atomic mass is 32.2. The molecule has 2 aromatic carbocycles. The third-order valence-electron chi connectivity index (χ3n) is 4.37.